The summed E-state index contributed by atoms with van der Waals surface area (Å²) in [5.41, 5.74) is 3.11. The number of hydrogen-bond acceptors (Lipinski definition) is 5. The number of anilines is 2. The van der Waals surface area contributed by atoms with Crippen molar-refractivity contribution in [1.29, 1.82) is 0 Å². The van der Waals surface area contributed by atoms with Crippen molar-refractivity contribution in [3.8, 4) is 11.8 Å². The van der Waals surface area contributed by atoms with E-state index in [0.717, 1.165) is 34.1 Å². The van der Waals surface area contributed by atoms with Crippen LogP contribution in [-0.2, 0) is 21.4 Å². The first-order valence-electron chi connectivity index (χ1n) is 14.3. The van der Waals surface area contributed by atoms with Gasteiger partial charge in [0.15, 0.2) is 5.52 Å². The Labute approximate surface area is 249 Å². The predicted octanol–water partition coefficient (Wildman–Crippen LogP) is 6.44. The van der Waals surface area contributed by atoms with Crippen LogP contribution in [0.1, 0.15) is 89.3 Å². The second-order valence-electron chi connectivity index (χ2n) is 12.2. The molecule has 1 aromatic carbocycles. The van der Waals surface area contributed by atoms with E-state index in [1.807, 2.05) is 51.6 Å². The van der Waals surface area contributed by atoms with Crippen molar-refractivity contribution in [2.24, 2.45) is 13.0 Å². The number of hydrogen-bond donors (Lipinski definition) is 0. The van der Waals surface area contributed by atoms with Crippen LogP contribution in [0.2, 0.25) is 0 Å². The first kappa shape index (κ1) is 29.1. The van der Waals surface area contributed by atoms with Crippen molar-refractivity contribution >= 4 is 50.3 Å². The number of ether oxygens (including phenoxy) is 1. The van der Waals surface area contributed by atoms with Crippen LogP contribution in [0.25, 0.3) is 11.0 Å². The third kappa shape index (κ3) is 5.85. The molecule has 0 saturated heterocycles. The first-order valence-corrected chi connectivity index (χ1v) is 15.1. The highest BCUT2D eigenvalue weighted by Gasteiger charge is 2.34. The molecule has 0 aliphatic heterocycles. The lowest BCUT2D eigenvalue weighted by Crippen LogP contribution is -2.34. The minimum Gasteiger partial charge on any atom is -0.460 e. The molecular formula is C32H37BrN4O4. The maximum absolute atomic E-state index is 13.8. The lowest BCUT2D eigenvalue weighted by atomic mass is 9.86. The molecule has 5 rings (SSSR count). The lowest BCUT2D eigenvalue weighted by molar-refractivity contribution is -0.161. The molecule has 2 fully saturated rings. The van der Waals surface area contributed by atoms with Gasteiger partial charge in [-0.2, -0.15) is 0 Å². The Hall–Kier alpha value is -3.38. The predicted molar refractivity (Wildman–Crippen MR) is 163 cm³/mol. The maximum Gasteiger partial charge on any atom is 0.309 e. The number of rotatable bonds is 5. The Morgan fingerprint density at radius 3 is 2.39 bits per heavy atom. The monoisotopic (exact) mass is 620 g/mol. The number of carbonyl (C=O) groups is 2. The number of aromatic nitrogens is 3. The van der Waals surface area contributed by atoms with Crippen LogP contribution in [-0.4, -0.2) is 31.8 Å². The van der Waals surface area contributed by atoms with Crippen molar-refractivity contribution in [2.45, 2.75) is 90.7 Å². The lowest BCUT2D eigenvalue weighted by Gasteiger charge is -2.30. The van der Waals surface area contributed by atoms with Gasteiger partial charge in [0.2, 0.25) is 0 Å². The number of carbonyl (C=O) groups excluding carboxylic acids is 2. The molecule has 0 unspecified atom stereocenters. The van der Waals surface area contributed by atoms with Gasteiger partial charge in [0.05, 0.1) is 23.2 Å². The summed E-state index contributed by atoms with van der Waals surface area (Å²) in [4.78, 5) is 46.2. The van der Waals surface area contributed by atoms with Gasteiger partial charge in [0.1, 0.15) is 11.4 Å². The Morgan fingerprint density at radius 1 is 1.10 bits per heavy atom. The smallest absolute Gasteiger partial charge is 0.309 e. The summed E-state index contributed by atoms with van der Waals surface area (Å²) in [5.74, 6) is 5.44. The van der Waals surface area contributed by atoms with Gasteiger partial charge in [-0.1, -0.05) is 21.9 Å². The van der Waals surface area contributed by atoms with Gasteiger partial charge < -0.3 is 4.74 Å². The van der Waals surface area contributed by atoms with Gasteiger partial charge >= 0.3 is 11.9 Å². The molecule has 3 aromatic rings. The summed E-state index contributed by atoms with van der Waals surface area (Å²) in [5, 5.41) is 0. The Balaban J connectivity index is 1.51. The fourth-order valence-corrected chi connectivity index (χ4v) is 6.15. The molecule has 41 heavy (non-hydrogen) atoms. The summed E-state index contributed by atoms with van der Waals surface area (Å²) >= 11 is 3.64. The van der Waals surface area contributed by atoms with E-state index in [0.29, 0.717) is 48.5 Å². The first-order chi connectivity index (χ1) is 19.4. The number of benzene rings is 1. The molecule has 0 atom stereocenters. The number of aryl methyl sites for hydroxylation is 2. The highest BCUT2D eigenvalue weighted by atomic mass is 79.9. The van der Waals surface area contributed by atoms with Crippen molar-refractivity contribution < 1.29 is 14.3 Å². The molecule has 216 valence electrons. The van der Waals surface area contributed by atoms with E-state index in [9.17, 15) is 14.4 Å². The van der Waals surface area contributed by atoms with Crippen molar-refractivity contribution in [2.75, 3.05) is 4.90 Å². The number of amides is 1. The zero-order chi connectivity index (χ0) is 29.6. The molecule has 2 aromatic heterocycles. The van der Waals surface area contributed by atoms with E-state index in [2.05, 4.69) is 33.8 Å². The molecule has 9 heteroatoms. The second kappa shape index (κ2) is 11.1. The Kier molecular flexibility index (Phi) is 7.90. The summed E-state index contributed by atoms with van der Waals surface area (Å²) < 4.78 is 10.2. The van der Waals surface area contributed by atoms with Crippen molar-refractivity contribution in [1.82, 2.24) is 14.3 Å². The summed E-state index contributed by atoms with van der Waals surface area (Å²) in [7, 11) is 1.86. The summed E-state index contributed by atoms with van der Waals surface area (Å²) in [6.45, 7) is 9.25. The SMILES string of the molecule is CC#CC(=O)N(c1ccc2c(n1)c(=O)n(C1CCC(C(=O)OC(C)(C)C)CC1)n2C)c1cc(C)c(Br)cc1C1CC1. The summed E-state index contributed by atoms with van der Waals surface area (Å²) in [6.07, 6.45) is 4.85. The normalized spacial score (nSPS) is 19.0. The van der Waals surface area contributed by atoms with Crippen LogP contribution >= 0.6 is 15.9 Å². The van der Waals surface area contributed by atoms with Crippen LogP contribution in [0.15, 0.2) is 33.5 Å². The van der Waals surface area contributed by atoms with Gasteiger partial charge in [-0.05, 0) is 120 Å². The van der Waals surface area contributed by atoms with E-state index in [1.165, 1.54) is 0 Å². The van der Waals surface area contributed by atoms with Crippen LogP contribution < -0.4 is 10.5 Å². The van der Waals surface area contributed by atoms with Gasteiger partial charge in [-0.3, -0.25) is 24.0 Å². The van der Waals surface area contributed by atoms with Crippen molar-refractivity contribution in [3.05, 3.63) is 50.2 Å². The van der Waals surface area contributed by atoms with E-state index in [-0.39, 0.29) is 29.4 Å². The van der Waals surface area contributed by atoms with E-state index >= 15 is 0 Å². The molecule has 8 nitrogen and oxygen atoms in total. The van der Waals surface area contributed by atoms with Crippen LogP contribution in [0.4, 0.5) is 11.5 Å². The highest BCUT2D eigenvalue weighted by Crippen LogP contribution is 2.47. The highest BCUT2D eigenvalue weighted by molar-refractivity contribution is 9.10. The molecule has 0 bridgehead atoms. The van der Waals surface area contributed by atoms with Gasteiger partial charge in [-0.15, -0.1) is 0 Å². The quantitative estimate of drug-likeness (QED) is 0.242. The Bertz CT molecular complexity index is 1640. The molecule has 2 aliphatic rings. The molecule has 0 N–H and O–H groups in total. The zero-order valence-corrected chi connectivity index (χ0v) is 26.2. The van der Waals surface area contributed by atoms with E-state index in [4.69, 9.17) is 9.72 Å². The van der Waals surface area contributed by atoms with Crippen LogP contribution in [0, 0.1) is 24.7 Å². The average Bonchev–Trinajstić information content (AvgIpc) is 3.72. The minimum absolute atomic E-state index is 0.0527. The molecular weight excluding hydrogens is 584 g/mol. The fraction of sp³-hybridized carbons (Fsp3) is 0.500. The topological polar surface area (TPSA) is 86.4 Å². The van der Waals surface area contributed by atoms with Crippen LogP contribution in [0.5, 0.6) is 0 Å². The molecule has 2 saturated carbocycles. The van der Waals surface area contributed by atoms with Gasteiger partial charge in [0, 0.05) is 11.5 Å². The standard InChI is InChI=1S/C32H37BrN4O4/c1-7-8-28(38)36(26-17-19(2)24(33)18-23(26)20-9-10-20)27-16-15-25-29(34-27)30(39)37(35(25)6)22-13-11-21(12-14-22)31(40)41-32(3,4)5/h15-18,20-22H,9-14H2,1-6H3. The molecule has 1 amide bonds. The molecule has 0 spiro atoms. The number of halogens is 1. The summed E-state index contributed by atoms with van der Waals surface area (Å²) in [6, 6.07) is 7.66. The molecule has 2 heterocycles. The van der Waals surface area contributed by atoms with Gasteiger partial charge in [0.25, 0.3) is 5.56 Å². The largest absolute Gasteiger partial charge is 0.460 e. The van der Waals surface area contributed by atoms with E-state index < -0.39 is 5.60 Å². The second-order valence-corrected chi connectivity index (χ2v) is 13.1. The zero-order valence-electron chi connectivity index (χ0n) is 24.6. The van der Waals surface area contributed by atoms with Gasteiger partial charge in [-0.25, -0.2) is 9.67 Å². The molecule has 0 radical (unpaired) electrons. The molecule has 2 aliphatic carbocycles. The maximum atomic E-state index is 13.8. The number of nitrogens with zero attached hydrogens (tertiary/aromatic N) is 4. The van der Waals surface area contributed by atoms with Crippen molar-refractivity contribution in [3.63, 3.8) is 0 Å². The fourth-order valence-electron chi connectivity index (χ4n) is 5.79. The average molecular weight is 622 g/mol. The van der Waals surface area contributed by atoms with Crippen LogP contribution in [0.3, 0.4) is 0 Å². The number of pyridine rings is 1. The number of fused-ring (bicyclic) bond motifs is 1. The third-order valence-electron chi connectivity index (χ3n) is 7.95. The number of esters is 1. The van der Waals surface area contributed by atoms with E-state index in [1.54, 1.807) is 22.6 Å². The minimum atomic E-state index is -0.517. The third-order valence-corrected chi connectivity index (χ3v) is 8.81. The Morgan fingerprint density at radius 2 is 1.78 bits per heavy atom.